The summed E-state index contributed by atoms with van der Waals surface area (Å²) >= 11 is 0. The SMILES string of the molecule is Nc1ccc2c(c1)N(CC1COCCN1)C(=O)CO2. The van der Waals surface area contributed by atoms with Crippen molar-refractivity contribution in [2.24, 2.45) is 0 Å². The zero-order valence-corrected chi connectivity index (χ0v) is 10.6. The first-order valence-corrected chi connectivity index (χ1v) is 6.38. The van der Waals surface area contributed by atoms with E-state index >= 15 is 0 Å². The summed E-state index contributed by atoms with van der Waals surface area (Å²) in [6.07, 6.45) is 0. The van der Waals surface area contributed by atoms with Crippen LogP contribution >= 0.6 is 0 Å². The minimum atomic E-state index is -0.0505. The smallest absolute Gasteiger partial charge is 0.265 e. The number of nitrogens with one attached hydrogen (secondary N) is 1. The number of nitrogens with zero attached hydrogens (tertiary/aromatic N) is 1. The third-order valence-electron chi connectivity index (χ3n) is 3.33. The number of nitrogens with two attached hydrogens (primary N) is 1. The fraction of sp³-hybridized carbons (Fsp3) is 0.462. The maximum atomic E-state index is 12.0. The van der Waals surface area contributed by atoms with Gasteiger partial charge in [-0.25, -0.2) is 0 Å². The molecule has 2 aliphatic rings. The molecule has 1 aromatic carbocycles. The van der Waals surface area contributed by atoms with Crippen molar-refractivity contribution in [1.29, 1.82) is 0 Å². The second-order valence-corrected chi connectivity index (χ2v) is 4.75. The molecule has 0 bridgehead atoms. The van der Waals surface area contributed by atoms with E-state index in [9.17, 15) is 4.79 Å². The Bertz CT molecular complexity index is 486. The number of amides is 1. The molecule has 0 saturated carbocycles. The van der Waals surface area contributed by atoms with Crippen LogP contribution in [0.3, 0.4) is 0 Å². The number of carbonyl (C=O) groups excluding carboxylic acids is 1. The van der Waals surface area contributed by atoms with Crippen LogP contribution in [0.1, 0.15) is 0 Å². The van der Waals surface area contributed by atoms with Gasteiger partial charge in [-0.15, -0.1) is 0 Å². The van der Waals surface area contributed by atoms with Crippen molar-refractivity contribution in [3.05, 3.63) is 18.2 Å². The van der Waals surface area contributed by atoms with Gasteiger partial charge in [0.15, 0.2) is 6.61 Å². The molecule has 3 N–H and O–H groups in total. The summed E-state index contributed by atoms with van der Waals surface area (Å²) in [6.45, 7) is 2.79. The molecule has 1 saturated heterocycles. The van der Waals surface area contributed by atoms with Crippen LogP contribution in [-0.2, 0) is 9.53 Å². The van der Waals surface area contributed by atoms with Gasteiger partial charge in [0.2, 0.25) is 0 Å². The molecule has 1 unspecified atom stereocenters. The average Bonchev–Trinajstić information content (AvgIpc) is 2.43. The Kier molecular flexibility index (Phi) is 3.27. The van der Waals surface area contributed by atoms with Crippen molar-refractivity contribution < 1.29 is 14.3 Å². The topological polar surface area (TPSA) is 76.8 Å². The number of ether oxygens (including phenoxy) is 2. The molecule has 6 nitrogen and oxygen atoms in total. The van der Waals surface area contributed by atoms with E-state index in [1.165, 1.54) is 0 Å². The minimum Gasteiger partial charge on any atom is -0.482 e. The van der Waals surface area contributed by atoms with Crippen molar-refractivity contribution in [3.8, 4) is 5.75 Å². The van der Waals surface area contributed by atoms with Gasteiger partial charge in [-0.3, -0.25) is 4.79 Å². The molecule has 1 aromatic rings. The summed E-state index contributed by atoms with van der Waals surface area (Å²) in [4.78, 5) is 13.8. The Balaban J connectivity index is 1.83. The Hall–Kier alpha value is -1.79. The highest BCUT2D eigenvalue weighted by molar-refractivity contribution is 5.98. The normalized spacial score (nSPS) is 22.8. The Morgan fingerprint density at radius 1 is 1.47 bits per heavy atom. The molecule has 6 heteroatoms. The van der Waals surface area contributed by atoms with Crippen molar-refractivity contribution in [1.82, 2.24) is 5.32 Å². The number of hydrogen-bond acceptors (Lipinski definition) is 5. The van der Waals surface area contributed by atoms with Gasteiger partial charge >= 0.3 is 0 Å². The van der Waals surface area contributed by atoms with Gasteiger partial charge in [0.1, 0.15) is 5.75 Å². The number of nitrogen functional groups attached to an aromatic ring is 1. The number of benzene rings is 1. The first kappa shape index (κ1) is 12.3. The lowest BCUT2D eigenvalue weighted by Gasteiger charge is -2.34. The number of carbonyl (C=O) groups is 1. The summed E-state index contributed by atoms with van der Waals surface area (Å²) in [5, 5.41) is 3.34. The maximum Gasteiger partial charge on any atom is 0.265 e. The molecule has 1 amide bonds. The Labute approximate surface area is 111 Å². The van der Waals surface area contributed by atoms with Gasteiger partial charge in [-0.05, 0) is 18.2 Å². The molecule has 0 spiro atoms. The summed E-state index contributed by atoms with van der Waals surface area (Å²) in [5.74, 6) is 0.649. The standard InChI is InChI=1S/C13H17N3O3/c14-9-1-2-12-11(5-9)16(13(17)8-19-12)6-10-7-18-4-3-15-10/h1-2,5,10,15H,3-4,6-8,14H2. The van der Waals surface area contributed by atoms with Crippen LogP contribution in [0.25, 0.3) is 0 Å². The Morgan fingerprint density at radius 3 is 3.16 bits per heavy atom. The quantitative estimate of drug-likeness (QED) is 0.733. The summed E-state index contributed by atoms with van der Waals surface area (Å²) in [6, 6.07) is 5.49. The molecule has 2 heterocycles. The minimum absolute atomic E-state index is 0.0505. The van der Waals surface area contributed by atoms with Gasteiger partial charge in [-0.1, -0.05) is 0 Å². The number of anilines is 2. The monoisotopic (exact) mass is 263 g/mol. The highest BCUT2D eigenvalue weighted by atomic mass is 16.5. The highest BCUT2D eigenvalue weighted by Crippen LogP contribution is 2.33. The molecular weight excluding hydrogens is 246 g/mol. The zero-order valence-electron chi connectivity index (χ0n) is 10.6. The lowest BCUT2D eigenvalue weighted by Crippen LogP contribution is -2.51. The van der Waals surface area contributed by atoms with Crippen molar-refractivity contribution in [2.45, 2.75) is 6.04 Å². The third kappa shape index (κ3) is 2.50. The molecule has 102 valence electrons. The Morgan fingerprint density at radius 2 is 2.37 bits per heavy atom. The molecule has 1 atom stereocenters. The van der Waals surface area contributed by atoms with Gasteiger partial charge in [0.05, 0.1) is 18.9 Å². The van der Waals surface area contributed by atoms with Crippen molar-refractivity contribution in [2.75, 3.05) is 43.5 Å². The van der Waals surface area contributed by atoms with Crippen LogP contribution in [-0.4, -0.2) is 44.9 Å². The molecule has 2 aliphatic heterocycles. The first-order chi connectivity index (χ1) is 9.24. The number of hydrogen-bond donors (Lipinski definition) is 2. The van der Waals surface area contributed by atoms with Crippen LogP contribution in [0.15, 0.2) is 18.2 Å². The predicted octanol–water partition coefficient (Wildman–Crippen LogP) is -0.0174. The van der Waals surface area contributed by atoms with Crippen molar-refractivity contribution >= 4 is 17.3 Å². The van der Waals surface area contributed by atoms with Crippen LogP contribution in [0, 0.1) is 0 Å². The van der Waals surface area contributed by atoms with Gasteiger partial charge < -0.3 is 25.4 Å². The van der Waals surface area contributed by atoms with E-state index in [0.29, 0.717) is 24.6 Å². The summed E-state index contributed by atoms with van der Waals surface area (Å²) < 4.78 is 10.8. The molecule has 0 aromatic heterocycles. The summed E-state index contributed by atoms with van der Waals surface area (Å²) in [5.41, 5.74) is 7.15. The lowest BCUT2D eigenvalue weighted by molar-refractivity contribution is -0.121. The maximum absolute atomic E-state index is 12.0. The van der Waals surface area contributed by atoms with E-state index < -0.39 is 0 Å². The van der Waals surface area contributed by atoms with Crippen LogP contribution in [0.5, 0.6) is 5.75 Å². The average molecular weight is 263 g/mol. The second kappa shape index (κ2) is 5.07. The predicted molar refractivity (Wildman–Crippen MR) is 71.3 cm³/mol. The fourth-order valence-electron chi connectivity index (χ4n) is 2.38. The first-order valence-electron chi connectivity index (χ1n) is 6.38. The highest BCUT2D eigenvalue weighted by Gasteiger charge is 2.28. The van der Waals surface area contributed by atoms with E-state index in [1.54, 1.807) is 23.1 Å². The molecule has 3 rings (SSSR count). The molecule has 19 heavy (non-hydrogen) atoms. The molecule has 1 fully saturated rings. The zero-order chi connectivity index (χ0) is 13.2. The van der Waals surface area contributed by atoms with Crippen LogP contribution in [0.4, 0.5) is 11.4 Å². The van der Waals surface area contributed by atoms with E-state index in [2.05, 4.69) is 5.32 Å². The van der Waals surface area contributed by atoms with E-state index in [4.69, 9.17) is 15.2 Å². The van der Waals surface area contributed by atoms with Crippen LogP contribution < -0.4 is 20.7 Å². The number of morpholine rings is 1. The van der Waals surface area contributed by atoms with E-state index in [-0.39, 0.29) is 18.6 Å². The van der Waals surface area contributed by atoms with Gasteiger partial charge in [0, 0.05) is 24.8 Å². The third-order valence-corrected chi connectivity index (χ3v) is 3.33. The lowest BCUT2D eigenvalue weighted by atomic mass is 10.1. The van der Waals surface area contributed by atoms with Gasteiger partial charge in [-0.2, -0.15) is 0 Å². The molecule has 0 aliphatic carbocycles. The van der Waals surface area contributed by atoms with E-state index in [1.807, 2.05) is 0 Å². The second-order valence-electron chi connectivity index (χ2n) is 4.75. The largest absolute Gasteiger partial charge is 0.482 e. The number of fused-ring (bicyclic) bond motifs is 1. The number of rotatable bonds is 2. The fourth-order valence-corrected chi connectivity index (χ4v) is 2.38. The molecule has 0 radical (unpaired) electrons. The molecular formula is C13H17N3O3. The van der Waals surface area contributed by atoms with E-state index in [0.717, 1.165) is 18.8 Å². The summed E-state index contributed by atoms with van der Waals surface area (Å²) in [7, 11) is 0. The van der Waals surface area contributed by atoms with Gasteiger partial charge in [0.25, 0.3) is 5.91 Å². The van der Waals surface area contributed by atoms with Crippen LogP contribution in [0.2, 0.25) is 0 Å². The van der Waals surface area contributed by atoms with Crippen molar-refractivity contribution in [3.63, 3.8) is 0 Å².